The summed E-state index contributed by atoms with van der Waals surface area (Å²) in [5, 5.41) is 18.0. The van der Waals surface area contributed by atoms with Crippen LogP contribution in [0.15, 0.2) is 47.4 Å². The summed E-state index contributed by atoms with van der Waals surface area (Å²) in [4.78, 5) is 35.8. The zero-order chi connectivity index (χ0) is 18.4. The summed E-state index contributed by atoms with van der Waals surface area (Å²) in [5.74, 6) is -2.93. The summed E-state index contributed by atoms with van der Waals surface area (Å²) in [6, 6.07) is 8.20. The van der Waals surface area contributed by atoms with Crippen LogP contribution in [0.4, 0.5) is 0 Å². The standard InChI is InChI=1S/C17H15NO5S2/c19-14(20)10-9-12(16(22)23)18-15(21)13(25-17(18)24)8-4-7-11-5-2-1-3-6-11/h1-8,12H,9-10H2,(H,19,20)(H,22,23)/b7-4+,13-8-. The lowest BCUT2D eigenvalue weighted by atomic mass is 10.1. The first-order valence-corrected chi connectivity index (χ1v) is 8.56. The first kappa shape index (κ1) is 18.9. The number of hydrogen-bond acceptors (Lipinski definition) is 5. The van der Waals surface area contributed by atoms with Crippen molar-refractivity contribution in [2.75, 3.05) is 0 Å². The van der Waals surface area contributed by atoms with Crippen molar-refractivity contribution in [2.24, 2.45) is 0 Å². The van der Waals surface area contributed by atoms with E-state index in [1.165, 1.54) is 0 Å². The third kappa shape index (κ3) is 5.01. The lowest BCUT2D eigenvalue weighted by molar-refractivity contribution is -0.146. The lowest BCUT2D eigenvalue weighted by Gasteiger charge is -2.22. The largest absolute Gasteiger partial charge is 0.481 e. The van der Waals surface area contributed by atoms with E-state index < -0.39 is 23.9 Å². The quantitative estimate of drug-likeness (QED) is 0.557. The first-order chi connectivity index (χ1) is 11.9. The molecule has 25 heavy (non-hydrogen) atoms. The Balaban J connectivity index is 2.14. The molecule has 1 aliphatic heterocycles. The van der Waals surface area contributed by atoms with Crippen molar-refractivity contribution in [3.63, 3.8) is 0 Å². The second-order valence-corrected chi connectivity index (χ2v) is 6.81. The van der Waals surface area contributed by atoms with Crippen molar-refractivity contribution in [3.8, 4) is 0 Å². The molecule has 0 aromatic heterocycles. The van der Waals surface area contributed by atoms with E-state index in [-0.39, 0.29) is 17.2 Å². The Labute approximate surface area is 153 Å². The fourth-order valence-electron chi connectivity index (χ4n) is 2.20. The summed E-state index contributed by atoms with van der Waals surface area (Å²) in [5.41, 5.74) is 0.957. The molecule has 8 heteroatoms. The maximum absolute atomic E-state index is 12.5. The monoisotopic (exact) mass is 377 g/mol. The molecule has 0 bridgehead atoms. The molecule has 1 aromatic carbocycles. The number of thioether (sulfide) groups is 1. The van der Waals surface area contributed by atoms with E-state index in [1.807, 2.05) is 36.4 Å². The molecule has 1 heterocycles. The number of allylic oxidation sites excluding steroid dienone is 2. The van der Waals surface area contributed by atoms with E-state index in [2.05, 4.69) is 0 Å². The topological polar surface area (TPSA) is 94.9 Å². The van der Waals surface area contributed by atoms with E-state index in [0.29, 0.717) is 4.91 Å². The molecule has 6 nitrogen and oxygen atoms in total. The highest BCUT2D eigenvalue weighted by Crippen LogP contribution is 2.33. The molecule has 1 fully saturated rings. The van der Waals surface area contributed by atoms with Crippen LogP contribution in [0.1, 0.15) is 18.4 Å². The Morgan fingerprint density at radius 2 is 1.92 bits per heavy atom. The Morgan fingerprint density at radius 3 is 2.52 bits per heavy atom. The summed E-state index contributed by atoms with van der Waals surface area (Å²) in [7, 11) is 0. The van der Waals surface area contributed by atoms with Crippen LogP contribution in [0, 0.1) is 0 Å². The van der Waals surface area contributed by atoms with Crippen LogP contribution in [-0.2, 0) is 14.4 Å². The van der Waals surface area contributed by atoms with Crippen LogP contribution >= 0.6 is 24.0 Å². The Kier molecular flexibility index (Phi) is 6.49. The van der Waals surface area contributed by atoms with Crippen molar-refractivity contribution in [2.45, 2.75) is 18.9 Å². The number of carbonyl (C=O) groups excluding carboxylic acids is 1. The average molecular weight is 377 g/mol. The van der Waals surface area contributed by atoms with Crippen molar-refractivity contribution in [1.82, 2.24) is 4.90 Å². The van der Waals surface area contributed by atoms with Gasteiger partial charge in [0.1, 0.15) is 10.4 Å². The average Bonchev–Trinajstić information content (AvgIpc) is 2.83. The van der Waals surface area contributed by atoms with Gasteiger partial charge in [-0.1, -0.05) is 66.5 Å². The predicted molar refractivity (Wildman–Crippen MR) is 98.9 cm³/mol. The Morgan fingerprint density at radius 1 is 1.24 bits per heavy atom. The molecule has 130 valence electrons. The molecule has 1 unspecified atom stereocenters. The number of amides is 1. The number of aliphatic carboxylic acids is 2. The van der Waals surface area contributed by atoms with E-state index in [4.69, 9.17) is 17.3 Å². The number of carbonyl (C=O) groups is 3. The number of thiocarbonyl (C=S) groups is 1. The van der Waals surface area contributed by atoms with Gasteiger partial charge in [0.05, 0.1) is 4.91 Å². The molecule has 0 spiro atoms. The van der Waals surface area contributed by atoms with Gasteiger partial charge in [0.2, 0.25) is 0 Å². The van der Waals surface area contributed by atoms with Crippen LogP contribution in [0.2, 0.25) is 0 Å². The number of carboxylic acid groups (broad SMARTS) is 2. The highest BCUT2D eigenvalue weighted by Gasteiger charge is 2.40. The molecule has 1 atom stereocenters. The summed E-state index contributed by atoms with van der Waals surface area (Å²) in [6.45, 7) is 0. The van der Waals surface area contributed by atoms with Gasteiger partial charge in [0.15, 0.2) is 0 Å². The number of carboxylic acids is 2. The van der Waals surface area contributed by atoms with Gasteiger partial charge >= 0.3 is 11.9 Å². The van der Waals surface area contributed by atoms with Gasteiger partial charge in [-0.3, -0.25) is 14.5 Å². The highest BCUT2D eigenvalue weighted by atomic mass is 32.2. The molecule has 1 aliphatic rings. The smallest absolute Gasteiger partial charge is 0.326 e. The van der Waals surface area contributed by atoms with Crippen molar-refractivity contribution >= 4 is 52.2 Å². The third-order valence-corrected chi connectivity index (χ3v) is 4.74. The summed E-state index contributed by atoms with van der Waals surface area (Å²) >= 11 is 6.11. The molecule has 2 N–H and O–H groups in total. The van der Waals surface area contributed by atoms with Gasteiger partial charge in [0, 0.05) is 6.42 Å². The molecular formula is C17H15NO5S2. The van der Waals surface area contributed by atoms with Crippen molar-refractivity contribution in [1.29, 1.82) is 0 Å². The Hall–Kier alpha value is -2.45. The van der Waals surface area contributed by atoms with Crippen LogP contribution < -0.4 is 0 Å². The molecule has 2 rings (SSSR count). The molecule has 0 aliphatic carbocycles. The third-order valence-electron chi connectivity index (χ3n) is 3.39. The molecule has 1 aromatic rings. The first-order valence-electron chi connectivity index (χ1n) is 7.33. The second-order valence-electron chi connectivity index (χ2n) is 5.13. The van der Waals surface area contributed by atoms with Crippen molar-refractivity contribution < 1.29 is 24.6 Å². The van der Waals surface area contributed by atoms with E-state index in [1.54, 1.807) is 12.2 Å². The minimum atomic E-state index is -1.28. The second kappa shape index (κ2) is 8.59. The SMILES string of the molecule is O=C(O)CCC(C(=O)O)N1C(=O)/C(=C/C=C/c2ccccc2)SC1=S. The van der Waals surface area contributed by atoms with Gasteiger partial charge < -0.3 is 10.2 Å². The van der Waals surface area contributed by atoms with Gasteiger partial charge in [-0.15, -0.1) is 0 Å². The lowest BCUT2D eigenvalue weighted by Crippen LogP contribution is -2.44. The van der Waals surface area contributed by atoms with Crippen LogP contribution in [0.25, 0.3) is 6.08 Å². The zero-order valence-corrected chi connectivity index (χ0v) is 14.6. The minimum absolute atomic E-state index is 0.113. The van der Waals surface area contributed by atoms with Crippen molar-refractivity contribution in [3.05, 3.63) is 53.0 Å². The minimum Gasteiger partial charge on any atom is -0.481 e. The van der Waals surface area contributed by atoms with E-state index >= 15 is 0 Å². The number of benzene rings is 1. The number of rotatable bonds is 7. The van der Waals surface area contributed by atoms with Crippen LogP contribution in [-0.4, -0.2) is 43.3 Å². The maximum atomic E-state index is 12.5. The highest BCUT2D eigenvalue weighted by molar-refractivity contribution is 8.26. The molecular weight excluding hydrogens is 362 g/mol. The normalized spacial score (nSPS) is 17.4. The summed E-state index contributed by atoms with van der Waals surface area (Å²) in [6.07, 6.45) is 4.51. The summed E-state index contributed by atoms with van der Waals surface area (Å²) < 4.78 is 0.113. The molecule has 1 amide bonds. The molecule has 0 radical (unpaired) electrons. The van der Waals surface area contributed by atoms with E-state index in [0.717, 1.165) is 22.2 Å². The van der Waals surface area contributed by atoms with Crippen LogP contribution in [0.3, 0.4) is 0 Å². The zero-order valence-electron chi connectivity index (χ0n) is 13.0. The fraction of sp³-hybridized carbons (Fsp3) is 0.176. The van der Waals surface area contributed by atoms with Gasteiger partial charge in [-0.05, 0) is 18.1 Å². The maximum Gasteiger partial charge on any atom is 0.326 e. The molecule has 1 saturated heterocycles. The van der Waals surface area contributed by atoms with E-state index in [9.17, 15) is 19.5 Å². The Bertz CT molecular complexity index is 758. The van der Waals surface area contributed by atoms with Gasteiger partial charge in [0.25, 0.3) is 5.91 Å². The number of nitrogens with zero attached hydrogens (tertiary/aromatic N) is 1. The van der Waals surface area contributed by atoms with Gasteiger partial charge in [-0.2, -0.15) is 0 Å². The molecule has 0 saturated carbocycles. The van der Waals surface area contributed by atoms with Gasteiger partial charge in [-0.25, -0.2) is 4.79 Å². The number of hydrogen-bond donors (Lipinski definition) is 2. The van der Waals surface area contributed by atoms with Crippen LogP contribution in [0.5, 0.6) is 0 Å². The predicted octanol–water partition coefficient (Wildman–Crippen LogP) is 2.76. The fourth-order valence-corrected chi connectivity index (χ4v) is 3.50.